The van der Waals surface area contributed by atoms with Gasteiger partial charge in [-0.15, -0.1) is 0 Å². The number of rotatable bonds is 5. The van der Waals surface area contributed by atoms with Crippen molar-refractivity contribution in [3.8, 4) is 0 Å². The summed E-state index contributed by atoms with van der Waals surface area (Å²) in [5, 5.41) is 3.01. The summed E-state index contributed by atoms with van der Waals surface area (Å²) in [6.07, 6.45) is 2.09. The van der Waals surface area contributed by atoms with E-state index in [-0.39, 0.29) is 11.8 Å². The molecule has 2 aliphatic rings. The maximum Gasteiger partial charge on any atom is 0.227 e. The minimum absolute atomic E-state index is 0.175. The quantitative estimate of drug-likeness (QED) is 0.880. The number of hydrogen-bond acceptors (Lipinski definition) is 3. The lowest BCUT2D eigenvalue weighted by Crippen LogP contribution is -2.21. The molecular weight excluding hydrogens is 240 g/mol. The summed E-state index contributed by atoms with van der Waals surface area (Å²) in [6.45, 7) is 3.65. The van der Waals surface area contributed by atoms with Gasteiger partial charge in [-0.1, -0.05) is 6.07 Å². The average Bonchev–Trinajstić information content (AvgIpc) is 3.17. The number of fused-ring (bicyclic) bond motifs is 1. The number of ether oxygens (including phenoxy) is 1. The summed E-state index contributed by atoms with van der Waals surface area (Å²) in [4.78, 5) is 14.1. The minimum atomic E-state index is 0.175. The number of carbonyl (C=O) groups excluding carboxylic acids is 1. The van der Waals surface area contributed by atoms with Crippen molar-refractivity contribution in [3.05, 3.63) is 29.3 Å². The van der Waals surface area contributed by atoms with Gasteiger partial charge in [0, 0.05) is 38.3 Å². The van der Waals surface area contributed by atoms with Crippen molar-refractivity contribution < 1.29 is 9.53 Å². The molecule has 3 rings (SSSR count). The van der Waals surface area contributed by atoms with E-state index in [4.69, 9.17) is 4.74 Å². The smallest absolute Gasteiger partial charge is 0.227 e. The second kappa shape index (κ2) is 5.31. The highest BCUT2D eigenvalue weighted by molar-refractivity contribution is 5.94. The molecule has 0 spiro atoms. The van der Waals surface area contributed by atoms with Crippen LogP contribution in [-0.4, -0.2) is 31.1 Å². The second-order valence-corrected chi connectivity index (χ2v) is 5.45. The summed E-state index contributed by atoms with van der Waals surface area (Å²) in [5.41, 5.74) is 3.62. The first kappa shape index (κ1) is 12.6. The predicted molar refractivity (Wildman–Crippen MR) is 73.8 cm³/mol. The molecule has 4 heteroatoms. The normalized spacial score (nSPS) is 18.4. The average molecular weight is 260 g/mol. The molecule has 1 saturated carbocycles. The first-order valence-electron chi connectivity index (χ1n) is 6.90. The van der Waals surface area contributed by atoms with Crippen molar-refractivity contribution >= 4 is 11.6 Å². The van der Waals surface area contributed by atoms with Gasteiger partial charge in [0.2, 0.25) is 5.91 Å². The summed E-state index contributed by atoms with van der Waals surface area (Å²) in [5.74, 6) is 0.431. The molecule has 1 aromatic rings. The summed E-state index contributed by atoms with van der Waals surface area (Å²) in [7, 11) is 1.73. The lowest BCUT2D eigenvalue weighted by Gasteiger charge is -2.13. The Kier molecular flexibility index (Phi) is 3.53. The van der Waals surface area contributed by atoms with Crippen LogP contribution in [0.5, 0.6) is 0 Å². The molecule has 102 valence electrons. The molecule has 0 atom stereocenters. The lowest BCUT2D eigenvalue weighted by molar-refractivity contribution is -0.117. The van der Waals surface area contributed by atoms with E-state index in [0.29, 0.717) is 0 Å². The molecule has 0 saturated heterocycles. The first-order valence-corrected chi connectivity index (χ1v) is 6.90. The molecule has 4 nitrogen and oxygen atoms in total. The van der Waals surface area contributed by atoms with Crippen LogP contribution in [0.2, 0.25) is 0 Å². The van der Waals surface area contributed by atoms with Gasteiger partial charge in [-0.05, 0) is 36.1 Å². The standard InChI is InChI=1S/C15H20N2O2/c1-19-7-6-17-9-12-4-5-14(8-13(12)10-17)16-15(18)11-2-3-11/h4-5,8,11H,2-3,6-7,9-10H2,1H3,(H,16,18). The second-order valence-electron chi connectivity index (χ2n) is 5.45. The van der Waals surface area contributed by atoms with Crippen molar-refractivity contribution in [3.63, 3.8) is 0 Å². The van der Waals surface area contributed by atoms with Crippen LogP contribution in [0.4, 0.5) is 5.69 Å². The zero-order valence-electron chi connectivity index (χ0n) is 11.3. The van der Waals surface area contributed by atoms with Crippen LogP contribution in [0.3, 0.4) is 0 Å². The fourth-order valence-corrected chi connectivity index (χ4v) is 2.51. The van der Waals surface area contributed by atoms with Crippen LogP contribution < -0.4 is 5.32 Å². The number of carbonyl (C=O) groups is 1. The molecule has 1 amide bonds. The van der Waals surface area contributed by atoms with E-state index >= 15 is 0 Å². The number of amides is 1. The highest BCUT2D eigenvalue weighted by Crippen LogP contribution is 2.31. The van der Waals surface area contributed by atoms with Crippen LogP contribution in [0, 0.1) is 5.92 Å². The fourth-order valence-electron chi connectivity index (χ4n) is 2.51. The zero-order valence-corrected chi connectivity index (χ0v) is 11.3. The summed E-state index contributed by atoms with van der Waals surface area (Å²) < 4.78 is 5.11. The number of hydrogen-bond donors (Lipinski definition) is 1. The largest absolute Gasteiger partial charge is 0.383 e. The SMILES string of the molecule is COCCN1Cc2ccc(NC(=O)C3CC3)cc2C1. The maximum absolute atomic E-state index is 11.7. The Morgan fingerprint density at radius 2 is 2.16 bits per heavy atom. The lowest BCUT2D eigenvalue weighted by atomic mass is 10.1. The molecule has 19 heavy (non-hydrogen) atoms. The van der Waals surface area contributed by atoms with Gasteiger partial charge >= 0.3 is 0 Å². The van der Waals surface area contributed by atoms with Gasteiger partial charge in [0.15, 0.2) is 0 Å². The molecule has 1 aliphatic carbocycles. The van der Waals surface area contributed by atoms with E-state index in [1.54, 1.807) is 7.11 Å². The summed E-state index contributed by atoms with van der Waals surface area (Å²) >= 11 is 0. The van der Waals surface area contributed by atoms with Gasteiger partial charge in [0.25, 0.3) is 0 Å². The van der Waals surface area contributed by atoms with Gasteiger partial charge in [0.05, 0.1) is 6.61 Å². The first-order chi connectivity index (χ1) is 9.26. The Labute approximate surface area is 113 Å². The molecule has 0 aromatic heterocycles. The van der Waals surface area contributed by atoms with Crippen molar-refractivity contribution in [2.24, 2.45) is 5.92 Å². The van der Waals surface area contributed by atoms with Gasteiger partial charge in [-0.2, -0.15) is 0 Å². The Morgan fingerprint density at radius 1 is 1.37 bits per heavy atom. The van der Waals surface area contributed by atoms with Crippen molar-refractivity contribution in [2.75, 3.05) is 25.6 Å². The van der Waals surface area contributed by atoms with E-state index in [0.717, 1.165) is 44.8 Å². The minimum Gasteiger partial charge on any atom is -0.383 e. The van der Waals surface area contributed by atoms with Crippen molar-refractivity contribution in [2.45, 2.75) is 25.9 Å². The van der Waals surface area contributed by atoms with Gasteiger partial charge in [-0.3, -0.25) is 9.69 Å². The molecule has 1 aliphatic heterocycles. The van der Waals surface area contributed by atoms with Crippen LogP contribution in [0.25, 0.3) is 0 Å². The van der Waals surface area contributed by atoms with Crippen LogP contribution >= 0.6 is 0 Å². The van der Waals surface area contributed by atoms with Crippen LogP contribution in [0.1, 0.15) is 24.0 Å². The van der Waals surface area contributed by atoms with Gasteiger partial charge in [-0.25, -0.2) is 0 Å². The summed E-state index contributed by atoms with van der Waals surface area (Å²) in [6, 6.07) is 6.26. The Balaban J connectivity index is 1.63. The number of methoxy groups -OCH3 is 1. The van der Waals surface area contributed by atoms with Gasteiger partial charge < -0.3 is 10.1 Å². The van der Waals surface area contributed by atoms with Crippen molar-refractivity contribution in [1.29, 1.82) is 0 Å². The maximum atomic E-state index is 11.7. The number of benzene rings is 1. The third-order valence-electron chi connectivity index (χ3n) is 3.82. The number of nitrogens with one attached hydrogen (secondary N) is 1. The highest BCUT2D eigenvalue weighted by Gasteiger charge is 2.29. The Bertz CT molecular complexity index is 483. The zero-order chi connectivity index (χ0) is 13.2. The monoisotopic (exact) mass is 260 g/mol. The molecule has 0 bridgehead atoms. The molecule has 0 unspecified atom stereocenters. The molecule has 1 heterocycles. The Hall–Kier alpha value is -1.39. The van der Waals surface area contributed by atoms with E-state index in [1.807, 2.05) is 6.07 Å². The molecule has 1 N–H and O–H groups in total. The third-order valence-corrected chi connectivity index (χ3v) is 3.82. The highest BCUT2D eigenvalue weighted by atomic mass is 16.5. The molecular formula is C15H20N2O2. The van der Waals surface area contributed by atoms with E-state index in [2.05, 4.69) is 22.3 Å². The third kappa shape index (κ3) is 2.96. The van der Waals surface area contributed by atoms with Crippen molar-refractivity contribution in [1.82, 2.24) is 4.90 Å². The van der Waals surface area contributed by atoms with Crippen LogP contribution in [-0.2, 0) is 22.6 Å². The molecule has 1 fully saturated rings. The van der Waals surface area contributed by atoms with E-state index in [9.17, 15) is 4.79 Å². The molecule has 1 aromatic carbocycles. The van der Waals surface area contributed by atoms with E-state index < -0.39 is 0 Å². The fraction of sp³-hybridized carbons (Fsp3) is 0.533. The predicted octanol–water partition coefficient (Wildman–Crippen LogP) is 2.00. The number of nitrogens with zero attached hydrogens (tertiary/aromatic N) is 1. The topological polar surface area (TPSA) is 41.6 Å². The van der Waals surface area contributed by atoms with Gasteiger partial charge in [0.1, 0.15) is 0 Å². The van der Waals surface area contributed by atoms with E-state index in [1.165, 1.54) is 11.1 Å². The number of anilines is 1. The Morgan fingerprint density at radius 3 is 2.89 bits per heavy atom. The molecule has 0 radical (unpaired) electrons. The van der Waals surface area contributed by atoms with Crippen LogP contribution in [0.15, 0.2) is 18.2 Å².